The van der Waals surface area contributed by atoms with Gasteiger partial charge in [-0.15, -0.1) is 0 Å². The molecule has 2 rings (SSSR count). The Morgan fingerprint density at radius 1 is 1.18 bits per heavy atom. The molecule has 0 unspecified atom stereocenters. The van der Waals surface area contributed by atoms with E-state index < -0.39 is 5.97 Å². The van der Waals surface area contributed by atoms with Crippen LogP contribution in [-0.2, 0) is 0 Å². The van der Waals surface area contributed by atoms with Crippen LogP contribution in [0.25, 0.3) is 11.1 Å². The molecular formula is C13H8BrFO2. The van der Waals surface area contributed by atoms with Crippen LogP contribution in [0.5, 0.6) is 0 Å². The van der Waals surface area contributed by atoms with Crippen LogP contribution in [0, 0.1) is 5.82 Å². The highest BCUT2D eigenvalue weighted by molar-refractivity contribution is 9.10. The third-order valence-corrected chi connectivity index (χ3v) is 2.84. The summed E-state index contributed by atoms with van der Waals surface area (Å²) in [7, 11) is 0. The quantitative estimate of drug-likeness (QED) is 0.910. The van der Waals surface area contributed by atoms with Crippen LogP contribution in [0.4, 0.5) is 4.39 Å². The zero-order valence-electron chi connectivity index (χ0n) is 8.65. The summed E-state index contributed by atoms with van der Waals surface area (Å²) in [6.07, 6.45) is 0. The number of aromatic carboxylic acids is 1. The third kappa shape index (κ3) is 2.53. The molecule has 0 bridgehead atoms. The number of rotatable bonds is 2. The number of benzene rings is 2. The van der Waals surface area contributed by atoms with Crippen molar-refractivity contribution >= 4 is 21.9 Å². The maximum absolute atomic E-state index is 13.1. The standard InChI is InChI=1S/C13H8BrFO2/c14-9-4-5-11(12(7-9)13(16)17)8-2-1-3-10(15)6-8/h1-7H,(H,16,17). The van der Waals surface area contributed by atoms with Crippen molar-refractivity contribution in [1.29, 1.82) is 0 Å². The second-order valence-electron chi connectivity index (χ2n) is 3.51. The van der Waals surface area contributed by atoms with Gasteiger partial charge in [0.25, 0.3) is 0 Å². The second kappa shape index (κ2) is 4.67. The Morgan fingerprint density at radius 2 is 1.94 bits per heavy atom. The first-order chi connectivity index (χ1) is 8.08. The van der Waals surface area contributed by atoms with Gasteiger partial charge in [-0.05, 0) is 35.4 Å². The molecule has 2 nitrogen and oxygen atoms in total. The fourth-order valence-electron chi connectivity index (χ4n) is 1.60. The lowest BCUT2D eigenvalue weighted by atomic mass is 10.00. The predicted octanol–water partition coefficient (Wildman–Crippen LogP) is 3.95. The Morgan fingerprint density at radius 3 is 2.59 bits per heavy atom. The maximum atomic E-state index is 13.1. The Hall–Kier alpha value is -1.68. The van der Waals surface area contributed by atoms with E-state index in [0.29, 0.717) is 15.6 Å². The zero-order chi connectivity index (χ0) is 12.4. The van der Waals surface area contributed by atoms with Gasteiger partial charge in [-0.2, -0.15) is 0 Å². The first-order valence-corrected chi connectivity index (χ1v) is 5.66. The van der Waals surface area contributed by atoms with Gasteiger partial charge < -0.3 is 5.11 Å². The SMILES string of the molecule is O=C(O)c1cc(Br)ccc1-c1cccc(F)c1. The van der Waals surface area contributed by atoms with Gasteiger partial charge in [0.2, 0.25) is 0 Å². The molecule has 0 aliphatic rings. The summed E-state index contributed by atoms with van der Waals surface area (Å²) in [6, 6.07) is 10.8. The number of hydrogen-bond acceptors (Lipinski definition) is 1. The fourth-order valence-corrected chi connectivity index (χ4v) is 1.96. The lowest BCUT2D eigenvalue weighted by Gasteiger charge is -2.07. The van der Waals surface area contributed by atoms with Crippen molar-refractivity contribution in [2.45, 2.75) is 0 Å². The molecule has 2 aromatic rings. The Labute approximate surface area is 106 Å². The van der Waals surface area contributed by atoms with Crippen molar-refractivity contribution in [3.8, 4) is 11.1 Å². The minimum absolute atomic E-state index is 0.143. The first kappa shape index (κ1) is 11.8. The number of hydrogen-bond donors (Lipinski definition) is 1. The Kier molecular flexibility index (Phi) is 3.24. The zero-order valence-corrected chi connectivity index (χ0v) is 10.2. The van der Waals surface area contributed by atoms with Crippen LogP contribution >= 0.6 is 15.9 Å². The molecular weight excluding hydrogens is 287 g/mol. The minimum Gasteiger partial charge on any atom is -0.478 e. The summed E-state index contributed by atoms with van der Waals surface area (Å²) in [6.45, 7) is 0. The van der Waals surface area contributed by atoms with Crippen molar-refractivity contribution in [3.05, 3.63) is 58.3 Å². The third-order valence-electron chi connectivity index (χ3n) is 2.35. The van der Waals surface area contributed by atoms with Crippen LogP contribution in [0.3, 0.4) is 0 Å². The molecule has 2 aromatic carbocycles. The van der Waals surface area contributed by atoms with E-state index in [1.807, 2.05) is 0 Å². The molecule has 0 radical (unpaired) electrons. The van der Waals surface area contributed by atoms with Crippen LogP contribution in [-0.4, -0.2) is 11.1 Å². The molecule has 0 fully saturated rings. The van der Waals surface area contributed by atoms with Gasteiger partial charge in [-0.1, -0.05) is 34.1 Å². The Bertz CT molecular complexity index is 581. The summed E-state index contributed by atoms with van der Waals surface area (Å²) in [5.41, 5.74) is 1.19. The average molecular weight is 295 g/mol. The predicted molar refractivity (Wildman–Crippen MR) is 66.5 cm³/mol. The molecule has 0 spiro atoms. The van der Waals surface area contributed by atoms with Crippen LogP contribution < -0.4 is 0 Å². The van der Waals surface area contributed by atoms with E-state index in [9.17, 15) is 9.18 Å². The molecule has 0 aliphatic carbocycles. The molecule has 0 atom stereocenters. The largest absolute Gasteiger partial charge is 0.478 e. The van der Waals surface area contributed by atoms with Gasteiger partial charge >= 0.3 is 5.97 Å². The first-order valence-electron chi connectivity index (χ1n) is 4.87. The van der Waals surface area contributed by atoms with Gasteiger partial charge in [0.1, 0.15) is 5.82 Å². The molecule has 0 aromatic heterocycles. The van der Waals surface area contributed by atoms with E-state index in [-0.39, 0.29) is 11.4 Å². The molecule has 0 amide bonds. The van der Waals surface area contributed by atoms with Gasteiger partial charge in [-0.25, -0.2) is 9.18 Å². The van der Waals surface area contributed by atoms with E-state index in [4.69, 9.17) is 5.11 Å². The highest BCUT2D eigenvalue weighted by atomic mass is 79.9. The van der Waals surface area contributed by atoms with Gasteiger partial charge in [-0.3, -0.25) is 0 Å². The number of carboxylic acids is 1. The fraction of sp³-hybridized carbons (Fsp3) is 0. The number of halogens is 2. The van der Waals surface area contributed by atoms with Crippen molar-refractivity contribution in [3.63, 3.8) is 0 Å². The Balaban J connectivity index is 2.63. The molecule has 1 N–H and O–H groups in total. The van der Waals surface area contributed by atoms with E-state index in [2.05, 4.69) is 15.9 Å². The van der Waals surface area contributed by atoms with Crippen LogP contribution in [0.15, 0.2) is 46.9 Å². The number of carboxylic acid groups (broad SMARTS) is 1. The van der Waals surface area contributed by atoms with Crippen molar-refractivity contribution in [2.24, 2.45) is 0 Å². The highest BCUT2D eigenvalue weighted by Crippen LogP contribution is 2.27. The van der Waals surface area contributed by atoms with E-state index in [1.165, 1.54) is 18.2 Å². The van der Waals surface area contributed by atoms with Crippen molar-refractivity contribution in [1.82, 2.24) is 0 Å². The average Bonchev–Trinajstić information content (AvgIpc) is 2.28. The van der Waals surface area contributed by atoms with E-state index in [0.717, 1.165) is 0 Å². The van der Waals surface area contributed by atoms with Gasteiger partial charge in [0.05, 0.1) is 5.56 Å². The molecule has 0 saturated carbocycles. The molecule has 0 saturated heterocycles. The second-order valence-corrected chi connectivity index (χ2v) is 4.42. The minimum atomic E-state index is -1.04. The van der Waals surface area contributed by atoms with Gasteiger partial charge in [0, 0.05) is 4.47 Å². The molecule has 4 heteroatoms. The summed E-state index contributed by atoms with van der Waals surface area (Å²) in [5, 5.41) is 9.11. The summed E-state index contributed by atoms with van der Waals surface area (Å²) < 4.78 is 13.8. The van der Waals surface area contributed by atoms with Crippen LogP contribution in [0.1, 0.15) is 10.4 Å². The van der Waals surface area contributed by atoms with Crippen LogP contribution in [0.2, 0.25) is 0 Å². The monoisotopic (exact) mass is 294 g/mol. The smallest absolute Gasteiger partial charge is 0.336 e. The normalized spacial score (nSPS) is 10.2. The maximum Gasteiger partial charge on any atom is 0.336 e. The molecule has 86 valence electrons. The lowest BCUT2D eigenvalue weighted by Crippen LogP contribution is -1.99. The highest BCUT2D eigenvalue weighted by Gasteiger charge is 2.12. The molecule has 17 heavy (non-hydrogen) atoms. The summed E-state index contributed by atoms with van der Waals surface area (Å²) >= 11 is 3.21. The summed E-state index contributed by atoms with van der Waals surface area (Å²) in [4.78, 5) is 11.1. The van der Waals surface area contributed by atoms with Crippen molar-refractivity contribution < 1.29 is 14.3 Å². The van der Waals surface area contributed by atoms with E-state index >= 15 is 0 Å². The number of carbonyl (C=O) groups is 1. The van der Waals surface area contributed by atoms with Crippen molar-refractivity contribution in [2.75, 3.05) is 0 Å². The molecule has 0 heterocycles. The van der Waals surface area contributed by atoms with E-state index in [1.54, 1.807) is 24.3 Å². The van der Waals surface area contributed by atoms with Gasteiger partial charge in [0.15, 0.2) is 0 Å². The lowest BCUT2D eigenvalue weighted by molar-refractivity contribution is 0.0697. The summed E-state index contributed by atoms with van der Waals surface area (Å²) in [5.74, 6) is -1.42. The topological polar surface area (TPSA) is 37.3 Å². The molecule has 0 aliphatic heterocycles.